The SMILES string of the molecule is CC1(C)Cc2cccc(OCC(=O)NCC3(O)CSCCSC3)c2O1. The first-order chi connectivity index (χ1) is 11.9. The minimum absolute atomic E-state index is 0.0867. The number of benzene rings is 1. The molecule has 0 radical (unpaired) electrons. The number of rotatable bonds is 5. The molecule has 1 aromatic rings. The molecule has 138 valence electrons. The van der Waals surface area contributed by atoms with Crippen LogP contribution in [-0.2, 0) is 11.2 Å². The van der Waals surface area contributed by atoms with E-state index in [9.17, 15) is 9.90 Å². The topological polar surface area (TPSA) is 67.8 Å². The van der Waals surface area contributed by atoms with Crippen LogP contribution >= 0.6 is 23.5 Å². The van der Waals surface area contributed by atoms with Gasteiger partial charge in [-0.05, 0) is 19.9 Å². The van der Waals surface area contributed by atoms with Gasteiger partial charge in [-0.15, -0.1) is 0 Å². The van der Waals surface area contributed by atoms with Gasteiger partial charge in [-0.1, -0.05) is 12.1 Å². The summed E-state index contributed by atoms with van der Waals surface area (Å²) in [5, 5.41) is 13.3. The van der Waals surface area contributed by atoms with E-state index in [1.165, 1.54) is 0 Å². The fourth-order valence-corrected chi connectivity index (χ4v) is 5.47. The lowest BCUT2D eigenvalue weighted by molar-refractivity contribution is -0.124. The molecule has 2 N–H and O–H groups in total. The van der Waals surface area contributed by atoms with Gasteiger partial charge in [-0.3, -0.25) is 4.79 Å². The molecule has 1 saturated heterocycles. The number of fused-ring (bicyclic) bond motifs is 1. The van der Waals surface area contributed by atoms with E-state index in [2.05, 4.69) is 5.32 Å². The lowest BCUT2D eigenvalue weighted by Gasteiger charge is -2.25. The van der Waals surface area contributed by atoms with Crippen LogP contribution < -0.4 is 14.8 Å². The van der Waals surface area contributed by atoms with Gasteiger partial charge in [-0.25, -0.2) is 0 Å². The Balaban J connectivity index is 1.51. The molecular weight excluding hydrogens is 358 g/mol. The number of hydrogen-bond acceptors (Lipinski definition) is 6. The van der Waals surface area contributed by atoms with E-state index in [0.29, 0.717) is 17.3 Å². The van der Waals surface area contributed by atoms with Gasteiger partial charge in [0.2, 0.25) is 0 Å². The fourth-order valence-electron chi connectivity index (χ4n) is 2.94. The third kappa shape index (κ3) is 4.99. The first-order valence-electron chi connectivity index (χ1n) is 8.45. The molecule has 2 aliphatic rings. The molecule has 0 spiro atoms. The van der Waals surface area contributed by atoms with Crippen LogP contribution in [0.25, 0.3) is 0 Å². The number of carbonyl (C=O) groups excluding carboxylic acids is 1. The minimum Gasteiger partial charge on any atom is -0.483 e. The van der Waals surface area contributed by atoms with Crippen molar-refractivity contribution in [3.8, 4) is 11.5 Å². The van der Waals surface area contributed by atoms with Crippen molar-refractivity contribution in [2.75, 3.05) is 36.2 Å². The van der Waals surface area contributed by atoms with Gasteiger partial charge in [0.1, 0.15) is 5.60 Å². The maximum atomic E-state index is 12.1. The predicted molar refractivity (Wildman–Crippen MR) is 103 cm³/mol. The van der Waals surface area contributed by atoms with Crippen LogP contribution in [0.1, 0.15) is 19.4 Å². The second-order valence-corrected chi connectivity index (χ2v) is 9.39. The normalized spacial score (nSPS) is 20.9. The molecule has 7 heteroatoms. The number of hydrogen-bond donors (Lipinski definition) is 2. The van der Waals surface area contributed by atoms with Crippen molar-refractivity contribution in [3.63, 3.8) is 0 Å². The zero-order valence-corrected chi connectivity index (χ0v) is 16.3. The van der Waals surface area contributed by atoms with Gasteiger partial charge >= 0.3 is 0 Å². The van der Waals surface area contributed by atoms with Crippen LogP contribution in [0.2, 0.25) is 0 Å². The number of amides is 1. The molecule has 2 heterocycles. The summed E-state index contributed by atoms with van der Waals surface area (Å²) in [6, 6.07) is 5.76. The minimum atomic E-state index is -0.845. The summed E-state index contributed by atoms with van der Waals surface area (Å²) in [5.41, 5.74) is 0.00911. The van der Waals surface area contributed by atoms with Crippen molar-refractivity contribution in [2.45, 2.75) is 31.5 Å². The maximum Gasteiger partial charge on any atom is 0.258 e. The molecule has 1 fully saturated rings. The quantitative estimate of drug-likeness (QED) is 0.812. The Morgan fingerprint density at radius 2 is 2.04 bits per heavy atom. The summed E-state index contributed by atoms with van der Waals surface area (Å²) in [6.45, 7) is 4.24. The largest absolute Gasteiger partial charge is 0.483 e. The van der Waals surface area contributed by atoms with E-state index >= 15 is 0 Å². The fraction of sp³-hybridized carbons (Fsp3) is 0.611. The zero-order chi connectivity index (χ0) is 17.9. The van der Waals surface area contributed by atoms with Gasteiger partial charge in [0.05, 0.1) is 5.60 Å². The molecule has 1 amide bonds. The summed E-state index contributed by atoms with van der Waals surface area (Å²) in [4.78, 5) is 12.1. The number of ether oxygens (including phenoxy) is 2. The monoisotopic (exact) mass is 383 g/mol. The van der Waals surface area contributed by atoms with Crippen LogP contribution in [0, 0.1) is 0 Å². The second-order valence-electron chi connectivity index (χ2n) is 7.18. The highest BCUT2D eigenvalue weighted by Gasteiger charge is 2.32. The molecule has 0 bridgehead atoms. The maximum absolute atomic E-state index is 12.1. The number of carbonyl (C=O) groups is 1. The number of aliphatic hydroxyl groups is 1. The zero-order valence-electron chi connectivity index (χ0n) is 14.7. The van der Waals surface area contributed by atoms with Crippen LogP contribution in [0.5, 0.6) is 11.5 Å². The van der Waals surface area contributed by atoms with Crippen LogP contribution in [-0.4, -0.2) is 58.4 Å². The number of thioether (sulfide) groups is 2. The summed E-state index contributed by atoms with van der Waals surface area (Å²) < 4.78 is 11.6. The summed E-state index contributed by atoms with van der Waals surface area (Å²) in [7, 11) is 0. The average Bonchev–Trinajstić information content (AvgIpc) is 2.73. The van der Waals surface area contributed by atoms with Crippen molar-refractivity contribution >= 4 is 29.4 Å². The third-order valence-electron chi connectivity index (χ3n) is 4.14. The Morgan fingerprint density at radius 3 is 2.76 bits per heavy atom. The summed E-state index contributed by atoms with van der Waals surface area (Å²) in [5.74, 6) is 4.47. The molecule has 5 nitrogen and oxygen atoms in total. The Bertz CT molecular complexity index is 628. The van der Waals surface area contributed by atoms with E-state index in [4.69, 9.17) is 9.47 Å². The molecule has 0 unspecified atom stereocenters. The standard InChI is InChI=1S/C18H25NO4S2/c1-17(2)8-13-4-3-5-14(16(13)23-17)22-9-15(20)19-10-18(21)11-24-6-7-25-12-18/h3-5,21H,6-12H2,1-2H3,(H,19,20). The van der Waals surface area contributed by atoms with Gasteiger partial charge in [0.25, 0.3) is 5.91 Å². The molecule has 2 aliphatic heterocycles. The van der Waals surface area contributed by atoms with Crippen molar-refractivity contribution in [1.29, 1.82) is 0 Å². The van der Waals surface area contributed by atoms with Gasteiger partial charge in [-0.2, -0.15) is 23.5 Å². The van der Waals surface area contributed by atoms with Crippen LogP contribution in [0.3, 0.4) is 0 Å². The average molecular weight is 384 g/mol. The van der Waals surface area contributed by atoms with Crippen molar-refractivity contribution in [2.24, 2.45) is 0 Å². The Morgan fingerprint density at radius 1 is 1.32 bits per heavy atom. The lowest BCUT2D eigenvalue weighted by Crippen LogP contribution is -2.47. The van der Waals surface area contributed by atoms with Crippen molar-refractivity contribution in [1.82, 2.24) is 5.32 Å². The Kier molecular flexibility index (Phi) is 5.75. The van der Waals surface area contributed by atoms with Crippen LogP contribution in [0.4, 0.5) is 0 Å². The predicted octanol–water partition coefficient (Wildman–Crippen LogP) is 2.11. The van der Waals surface area contributed by atoms with E-state index in [1.54, 1.807) is 23.5 Å². The molecule has 0 atom stereocenters. The van der Waals surface area contributed by atoms with Gasteiger partial charge in [0, 0.05) is 41.5 Å². The van der Waals surface area contributed by atoms with Gasteiger partial charge < -0.3 is 19.9 Å². The smallest absolute Gasteiger partial charge is 0.258 e. The van der Waals surface area contributed by atoms with E-state index < -0.39 is 5.60 Å². The van der Waals surface area contributed by atoms with Crippen LogP contribution in [0.15, 0.2) is 18.2 Å². The molecule has 0 aromatic heterocycles. The second kappa shape index (κ2) is 7.68. The first-order valence-corrected chi connectivity index (χ1v) is 10.8. The summed E-state index contributed by atoms with van der Waals surface area (Å²) >= 11 is 3.46. The van der Waals surface area contributed by atoms with Crippen molar-refractivity contribution < 1.29 is 19.4 Å². The molecule has 3 rings (SSSR count). The molecule has 25 heavy (non-hydrogen) atoms. The van der Waals surface area contributed by atoms with E-state index in [0.717, 1.165) is 29.2 Å². The Hall–Kier alpha value is -1.05. The molecule has 0 aliphatic carbocycles. The lowest BCUT2D eigenvalue weighted by atomic mass is 10.0. The molecular formula is C18H25NO4S2. The van der Waals surface area contributed by atoms with Crippen molar-refractivity contribution in [3.05, 3.63) is 23.8 Å². The third-order valence-corrected chi connectivity index (χ3v) is 6.87. The highest BCUT2D eigenvalue weighted by atomic mass is 32.2. The Labute approximate surface area is 157 Å². The molecule has 0 saturated carbocycles. The highest BCUT2D eigenvalue weighted by Crippen LogP contribution is 2.41. The number of para-hydroxylation sites is 1. The molecule has 1 aromatic carbocycles. The van der Waals surface area contributed by atoms with E-state index in [-0.39, 0.29) is 24.7 Å². The first kappa shape index (κ1) is 18.7. The van der Waals surface area contributed by atoms with E-state index in [1.807, 2.05) is 32.0 Å². The van der Waals surface area contributed by atoms with Gasteiger partial charge in [0.15, 0.2) is 18.1 Å². The highest BCUT2D eigenvalue weighted by molar-refractivity contribution is 8.03. The summed E-state index contributed by atoms with van der Waals surface area (Å²) in [6.07, 6.45) is 0.827. The number of nitrogens with one attached hydrogen (secondary N) is 1.